The summed E-state index contributed by atoms with van der Waals surface area (Å²) in [5, 5.41) is 2.58. The number of fused-ring (bicyclic) bond motifs is 3. The van der Waals surface area contributed by atoms with Gasteiger partial charge in [-0.2, -0.15) is 0 Å². The maximum atomic E-state index is 4.51. The van der Waals surface area contributed by atoms with Crippen molar-refractivity contribution >= 4 is 16.3 Å². The van der Waals surface area contributed by atoms with Gasteiger partial charge in [-0.05, 0) is 35.8 Å². The summed E-state index contributed by atoms with van der Waals surface area (Å²) < 4.78 is 0. The highest BCUT2D eigenvalue weighted by molar-refractivity contribution is 5.93. The lowest BCUT2D eigenvalue weighted by molar-refractivity contribution is 0.0951. The van der Waals surface area contributed by atoms with Crippen LogP contribution in [0.1, 0.15) is 36.8 Å². The van der Waals surface area contributed by atoms with Crippen molar-refractivity contribution in [3.8, 4) is 0 Å². The van der Waals surface area contributed by atoms with Crippen LogP contribution in [0.4, 0.5) is 0 Å². The molecule has 0 spiro atoms. The molecule has 2 nitrogen and oxygen atoms in total. The third kappa shape index (κ3) is 2.85. The zero-order chi connectivity index (χ0) is 17.3. The largest absolute Gasteiger partial charge is 0.289 e. The minimum absolute atomic E-state index is 0.552. The number of rotatable bonds is 3. The molecule has 3 heterocycles. The highest BCUT2D eigenvalue weighted by Crippen LogP contribution is 2.39. The third-order valence-corrected chi connectivity index (χ3v) is 6.00. The van der Waals surface area contributed by atoms with Gasteiger partial charge in [0.15, 0.2) is 0 Å². The van der Waals surface area contributed by atoms with Crippen LogP contribution in [0.2, 0.25) is 0 Å². The predicted octanol–water partition coefficient (Wildman–Crippen LogP) is 5.45. The number of piperidine rings is 1. The number of benzene rings is 2. The Bertz CT molecular complexity index is 939. The average molecular weight is 340 g/mol. The molecule has 2 aromatic carbocycles. The number of aromatic nitrogens is 1. The molecule has 2 aliphatic rings. The highest BCUT2D eigenvalue weighted by Gasteiger charge is 2.34. The predicted molar refractivity (Wildman–Crippen MR) is 108 cm³/mol. The lowest BCUT2D eigenvalue weighted by Gasteiger charge is -2.45. The minimum atomic E-state index is 0.552. The molecule has 2 unspecified atom stereocenters. The molecule has 1 aromatic heterocycles. The Balaban J connectivity index is 1.50. The molecule has 2 atom stereocenters. The summed E-state index contributed by atoms with van der Waals surface area (Å²) in [6.07, 6.45) is 11.6. The summed E-state index contributed by atoms with van der Waals surface area (Å²) in [6, 6.07) is 20.7. The zero-order valence-corrected chi connectivity index (χ0v) is 15.0. The SMILES string of the molecule is C1=C(c2cncc3ccccc23)CC2CCCC1N2Cc1ccccc1. The first-order chi connectivity index (χ1) is 12.9. The van der Waals surface area contributed by atoms with Gasteiger partial charge >= 0.3 is 0 Å². The van der Waals surface area contributed by atoms with E-state index < -0.39 is 0 Å². The zero-order valence-electron chi connectivity index (χ0n) is 15.0. The van der Waals surface area contributed by atoms with E-state index in [1.54, 1.807) is 0 Å². The van der Waals surface area contributed by atoms with Crippen molar-refractivity contribution in [2.24, 2.45) is 0 Å². The van der Waals surface area contributed by atoms with Gasteiger partial charge in [-0.15, -0.1) is 0 Å². The monoisotopic (exact) mass is 340 g/mol. The molecular weight excluding hydrogens is 316 g/mol. The van der Waals surface area contributed by atoms with E-state index in [2.05, 4.69) is 76.8 Å². The van der Waals surface area contributed by atoms with Crippen LogP contribution in [0.3, 0.4) is 0 Å². The first kappa shape index (κ1) is 15.8. The standard InChI is InChI=1S/C24H24N2/c1-2-7-18(8-3-1)17-26-21-10-6-11-22(26)14-20(13-21)24-16-25-15-19-9-4-5-12-23(19)24/h1-5,7-9,12-13,15-16,21-22H,6,10-11,14,17H2. The molecule has 0 radical (unpaired) electrons. The van der Waals surface area contributed by atoms with E-state index in [1.807, 2.05) is 6.20 Å². The van der Waals surface area contributed by atoms with Crippen molar-refractivity contribution in [2.75, 3.05) is 0 Å². The smallest absolute Gasteiger partial charge is 0.0349 e. The Labute approximate surface area is 155 Å². The topological polar surface area (TPSA) is 16.1 Å². The summed E-state index contributed by atoms with van der Waals surface area (Å²) in [5.41, 5.74) is 4.25. The van der Waals surface area contributed by atoms with Crippen LogP contribution in [-0.4, -0.2) is 22.0 Å². The summed E-state index contributed by atoms with van der Waals surface area (Å²) in [4.78, 5) is 7.24. The molecule has 0 aliphatic carbocycles. The molecule has 26 heavy (non-hydrogen) atoms. The maximum Gasteiger partial charge on any atom is 0.0349 e. The van der Waals surface area contributed by atoms with Crippen molar-refractivity contribution in [2.45, 2.75) is 44.3 Å². The van der Waals surface area contributed by atoms with E-state index >= 15 is 0 Å². The average Bonchev–Trinajstić information content (AvgIpc) is 2.68. The summed E-state index contributed by atoms with van der Waals surface area (Å²) >= 11 is 0. The summed E-state index contributed by atoms with van der Waals surface area (Å²) in [7, 11) is 0. The van der Waals surface area contributed by atoms with Gasteiger partial charge < -0.3 is 0 Å². The fourth-order valence-corrected chi connectivity index (χ4v) is 4.73. The number of hydrogen-bond acceptors (Lipinski definition) is 2. The lowest BCUT2D eigenvalue weighted by Crippen LogP contribution is -2.47. The normalized spacial score (nSPS) is 23.0. The Kier molecular flexibility index (Phi) is 4.06. The van der Waals surface area contributed by atoms with E-state index in [0.717, 1.165) is 13.0 Å². The van der Waals surface area contributed by atoms with Crippen LogP contribution in [-0.2, 0) is 6.54 Å². The van der Waals surface area contributed by atoms with Crippen LogP contribution in [0, 0.1) is 0 Å². The first-order valence-corrected chi connectivity index (χ1v) is 9.72. The van der Waals surface area contributed by atoms with Crippen LogP contribution in [0.15, 0.2) is 73.1 Å². The van der Waals surface area contributed by atoms with Gasteiger partial charge in [0.2, 0.25) is 0 Å². The molecule has 5 rings (SSSR count). The molecule has 2 aliphatic heterocycles. The van der Waals surface area contributed by atoms with Gasteiger partial charge in [-0.25, -0.2) is 0 Å². The highest BCUT2D eigenvalue weighted by atomic mass is 15.2. The fraction of sp³-hybridized carbons (Fsp3) is 0.292. The van der Waals surface area contributed by atoms with Crippen LogP contribution >= 0.6 is 0 Å². The van der Waals surface area contributed by atoms with Crippen molar-refractivity contribution in [1.29, 1.82) is 0 Å². The third-order valence-electron chi connectivity index (χ3n) is 6.00. The van der Waals surface area contributed by atoms with Crippen LogP contribution < -0.4 is 0 Å². The van der Waals surface area contributed by atoms with E-state index in [1.165, 1.54) is 46.7 Å². The Morgan fingerprint density at radius 3 is 2.65 bits per heavy atom. The Hall–Kier alpha value is -2.45. The second-order valence-corrected chi connectivity index (χ2v) is 7.61. The van der Waals surface area contributed by atoms with Gasteiger partial charge in [0.05, 0.1) is 0 Å². The van der Waals surface area contributed by atoms with Gasteiger partial charge in [0.1, 0.15) is 0 Å². The minimum Gasteiger partial charge on any atom is -0.289 e. The van der Waals surface area contributed by atoms with E-state index in [9.17, 15) is 0 Å². The van der Waals surface area contributed by atoms with E-state index in [-0.39, 0.29) is 0 Å². The molecule has 0 N–H and O–H groups in total. The van der Waals surface area contributed by atoms with Gasteiger partial charge in [0.25, 0.3) is 0 Å². The molecule has 1 fully saturated rings. The molecule has 0 amide bonds. The second-order valence-electron chi connectivity index (χ2n) is 7.61. The van der Waals surface area contributed by atoms with Crippen molar-refractivity contribution in [3.05, 3.63) is 84.2 Å². The first-order valence-electron chi connectivity index (χ1n) is 9.72. The van der Waals surface area contributed by atoms with Crippen LogP contribution in [0.5, 0.6) is 0 Å². The molecule has 130 valence electrons. The van der Waals surface area contributed by atoms with Crippen molar-refractivity contribution < 1.29 is 0 Å². The summed E-state index contributed by atoms with van der Waals surface area (Å²) in [5.74, 6) is 0. The quantitative estimate of drug-likeness (QED) is 0.630. The second kappa shape index (κ2) is 6.69. The fourth-order valence-electron chi connectivity index (χ4n) is 4.73. The Morgan fingerprint density at radius 2 is 1.77 bits per heavy atom. The Morgan fingerprint density at radius 1 is 0.923 bits per heavy atom. The molecule has 1 saturated heterocycles. The number of hydrogen-bond donors (Lipinski definition) is 0. The molecule has 0 saturated carbocycles. The van der Waals surface area contributed by atoms with Crippen molar-refractivity contribution in [1.82, 2.24) is 9.88 Å². The summed E-state index contributed by atoms with van der Waals surface area (Å²) in [6.45, 7) is 1.06. The van der Waals surface area contributed by atoms with E-state index in [0.29, 0.717) is 12.1 Å². The lowest BCUT2D eigenvalue weighted by atomic mass is 9.82. The number of nitrogens with zero attached hydrogens (tertiary/aromatic N) is 2. The number of pyridine rings is 1. The molecule has 2 heteroatoms. The van der Waals surface area contributed by atoms with Gasteiger partial charge in [-0.3, -0.25) is 9.88 Å². The van der Waals surface area contributed by atoms with E-state index in [4.69, 9.17) is 0 Å². The molecular formula is C24H24N2. The molecule has 3 aromatic rings. The van der Waals surface area contributed by atoms with Gasteiger partial charge in [-0.1, -0.05) is 67.1 Å². The maximum absolute atomic E-state index is 4.51. The van der Waals surface area contributed by atoms with Crippen molar-refractivity contribution in [3.63, 3.8) is 0 Å². The van der Waals surface area contributed by atoms with Crippen LogP contribution in [0.25, 0.3) is 16.3 Å². The molecule has 2 bridgehead atoms. The van der Waals surface area contributed by atoms with Gasteiger partial charge in [0, 0.05) is 42.0 Å².